The number of hydrogen-bond acceptors (Lipinski definition) is 2. The van der Waals surface area contributed by atoms with Gasteiger partial charge in [-0.15, -0.1) is 0 Å². The molecule has 0 bridgehead atoms. The van der Waals surface area contributed by atoms with Crippen LogP contribution in [0.2, 0.25) is 5.02 Å². The van der Waals surface area contributed by atoms with Gasteiger partial charge in [-0.1, -0.05) is 41.9 Å². The summed E-state index contributed by atoms with van der Waals surface area (Å²) in [6, 6.07) is 19.8. The van der Waals surface area contributed by atoms with Gasteiger partial charge in [0.2, 0.25) is 5.91 Å². The summed E-state index contributed by atoms with van der Waals surface area (Å²) in [6.45, 7) is 1.24. The van der Waals surface area contributed by atoms with E-state index in [1.54, 1.807) is 12.4 Å². The van der Waals surface area contributed by atoms with Crippen molar-refractivity contribution < 1.29 is 4.79 Å². The maximum absolute atomic E-state index is 12.5. The highest BCUT2D eigenvalue weighted by molar-refractivity contribution is 6.30. The van der Waals surface area contributed by atoms with Crippen LogP contribution in [-0.4, -0.2) is 15.5 Å². The van der Waals surface area contributed by atoms with Crippen LogP contribution < -0.4 is 5.32 Å². The lowest BCUT2D eigenvalue weighted by Crippen LogP contribution is -2.24. The third kappa shape index (κ3) is 4.24. The van der Waals surface area contributed by atoms with Gasteiger partial charge in [-0.2, -0.15) is 0 Å². The predicted octanol–water partition coefficient (Wildman–Crippen LogP) is 4.60. The Labute approximate surface area is 168 Å². The predicted molar refractivity (Wildman–Crippen MR) is 112 cm³/mol. The summed E-state index contributed by atoms with van der Waals surface area (Å²) in [5.74, 6) is 0.00575. The highest BCUT2D eigenvalue weighted by atomic mass is 35.5. The van der Waals surface area contributed by atoms with Crippen molar-refractivity contribution in [2.24, 2.45) is 0 Å². The number of nitrogens with zero attached hydrogens (tertiary/aromatic N) is 2. The van der Waals surface area contributed by atoms with Crippen LogP contribution in [0.15, 0.2) is 79.3 Å². The van der Waals surface area contributed by atoms with E-state index < -0.39 is 0 Å². The maximum atomic E-state index is 12.5. The molecule has 0 radical (unpaired) electrons. The maximum Gasteiger partial charge on any atom is 0.224 e. The number of hydrogen-bond donors (Lipinski definition) is 1. The van der Waals surface area contributed by atoms with Crippen LogP contribution in [0.5, 0.6) is 0 Å². The summed E-state index contributed by atoms with van der Waals surface area (Å²) in [7, 11) is 0. The molecule has 0 aliphatic heterocycles. The van der Waals surface area contributed by atoms with E-state index in [4.69, 9.17) is 11.6 Å². The molecular weight excluding hydrogens is 370 g/mol. The highest BCUT2D eigenvalue weighted by Gasteiger charge is 2.12. The van der Waals surface area contributed by atoms with E-state index in [1.165, 1.54) is 5.56 Å². The normalized spacial score (nSPS) is 10.9. The molecule has 4 aromatic rings. The number of benzene rings is 2. The van der Waals surface area contributed by atoms with Crippen molar-refractivity contribution in [1.29, 1.82) is 0 Å². The Balaban J connectivity index is 1.52. The van der Waals surface area contributed by atoms with Crippen LogP contribution in [0.1, 0.15) is 16.7 Å². The van der Waals surface area contributed by atoms with Crippen LogP contribution in [-0.2, 0) is 24.3 Å². The van der Waals surface area contributed by atoms with Crippen molar-refractivity contribution in [1.82, 2.24) is 14.9 Å². The number of fused-ring (bicyclic) bond motifs is 1. The zero-order chi connectivity index (χ0) is 19.3. The van der Waals surface area contributed by atoms with Gasteiger partial charge in [0.1, 0.15) is 0 Å². The third-order valence-corrected chi connectivity index (χ3v) is 4.98. The number of aromatic nitrogens is 2. The molecule has 1 N–H and O–H groups in total. The Morgan fingerprint density at radius 2 is 1.71 bits per heavy atom. The molecule has 0 unspecified atom stereocenters. The minimum Gasteiger partial charge on any atom is -0.352 e. The molecule has 28 heavy (non-hydrogen) atoms. The molecule has 2 aromatic carbocycles. The standard InChI is InChI=1S/C23H20ClN3O/c24-20-7-5-18(6-8-20)15-27-16-19(21-3-1-2-4-22(21)27)13-23(28)26-14-17-9-11-25-12-10-17/h1-12,16H,13-15H2,(H,26,28). The molecule has 4 rings (SSSR count). The molecule has 0 aliphatic rings. The Kier molecular flexibility index (Phi) is 5.40. The number of halogens is 1. The Morgan fingerprint density at radius 1 is 0.964 bits per heavy atom. The number of rotatable bonds is 6. The van der Waals surface area contributed by atoms with Gasteiger partial charge < -0.3 is 9.88 Å². The van der Waals surface area contributed by atoms with Crippen LogP contribution in [0, 0.1) is 0 Å². The molecule has 1 amide bonds. The zero-order valence-electron chi connectivity index (χ0n) is 15.3. The lowest BCUT2D eigenvalue weighted by atomic mass is 10.1. The first kappa shape index (κ1) is 18.3. The van der Waals surface area contributed by atoms with E-state index >= 15 is 0 Å². The van der Waals surface area contributed by atoms with Gasteiger partial charge in [-0.05, 0) is 47.0 Å². The Bertz CT molecular complexity index is 1090. The second-order valence-corrected chi connectivity index (χ2v) is 7.17. The molecule has 0 atom stereocenters. The fourth-order valence-electron chi connectivity index (χ4n) is 3.32. The van der Waals surface area contributed by atoms with Gasteiger partial charge in [0.15, 0.2) is 0 Å². The first-order valence-electron chi connectivity index (χ1n) is 9.16. The zero-order valence-corrected chi connectivity index (χ0v) is 16.1. The number of para-hydroxylation sites is 1. The van der Waals surface area contributed by atoms with Gasteiger partial charge in [0.05, 0.1) is 6.42 Å². The smallest absolute Gasteiger partial charge is 0.224 e. The average molecular weight is 390 g/mol. The summed E-state index contributed by atoms with van der Waals surface area (Å²) >= 11 is 5.99. The van der Waals surface area contributed by atoms with E-state index in [1.807, 2.05) is 48.5 Å². The lowest BCUT2D eigenvalue weighted by Gasteiger charge is -2.05. The summed E-state index contributed by atoms with van der Waals surface area (Å²) in [5, 5.41) is 4.82. The summed E-state index contributed by atoms with van der Waals surface area (Å²) < 4.78 is 2.18. The van der Waals surface area contributed by atoms with Gasteiger partial charge in [-0.3, -0.25) is 9.78 Å². The summed E-state index contributed by atoms with van der Waals surface area (Å²) in [4.78, 5) is 16.5. The minimum absolute atomic E-state index is 0.00575. The Morgan fingerprint density at radius 3 is 2.50 bits per heavy atom. The number of carbonyl (C=O) groups is 1. The first-order chi connectivity index (χ1) is 13.7. The van der Waals surface area contributed by atoms with Crippen LogP contribution in [0.3, 0.4) is 0 Å². The second kappa shape index (κ2) is 8.28. The van der Waals surface area contributed by atoms with Crippen molar-refractivity contribution in [2.45, 2.75) is 19.5 Å². The number of carbonyl (C=O) groups excluding carboxylic acids is 1. The molecule has 0 saturated heterocycles. The van der Waals surface area contributed by atoms with E-state index in [9.17, 15) is 4.79 Å². The summed E-state index contributed by atoms with van der Waals surface area (Å²) in [6.07, 6.45) is 5.88. The second-order valence-electron chi connectivity index (χ2n) is 6.73. The molecule has 4 nitrogen and oxygen atoms in total. The van der Waals surface area contributed by atoms with E-state index in [0.29, 0.717) is 13.0 Å². The monoisotopic (exact) mass is 389 g/mol. The molecule has 0 fully saturated rings. The van der Waals surface area contributed by atoms with Crippen molar-refractivity contribution in [3.05, 3.63) is 101 Å². The fourth-order valence-corrected chi connectivity index (χ4v) is 3.44. The van der Waals surface area contributed by atoms with Gasteiger partial charge in [-0.25, -0.2) is 0 Å². The Hall–Kier alpha value is -3.11. The average Bonchev–Trinajstić information content (AvgIpc) is 3.06. The molecule has 0 spiro atoms. The van der Waals surface area contributed by atoms with E-state index in [0.717, 1.165) is 33.6 Å². The SMILES string of the molecule is O=C(Cc1cn(Cc2ccc(Cl)cc2)c2ccccc12)NCc1ccncc1. The third-order valence-electron chi connectivity index (χ3n) is 4.73. The molecule has 5 heteroatoms. The van der Waals surface area contributed by atoms with Crippen LogP contribution in [0.4, 0.5) is 0 Å². The van der Waals surface area contributed by atoms with Gasteiger partial charge in [0, 0.05) is 47.6 Å². The molecule has 0 aliphatic carbocycles. The topological polar surface area (TPSA) is 46.9 Å². The highest BCUT2D eigenvalue weighted by Crippen LogP contribution is 2.23. The van der Waals surface area contributed by atoms with Crippen molar-refractivity contribution >= 4 is 28.4 Å². The van der Waals surface area contributed by atoms with E-state index in [2.05, 4.69) is 33.2 Å². The summed E-state index contributed by atoms with van der Waals surface area (Å²) in [5.41, 5.74) is 4.35. The molecule has 2 aromatic heterocycles. The number of amides is 1. The quantitative estimate of drug-likeness (QED) is 0.524. The molecule has 0 saturated carbocycles. The van der Waals surface area contributed by atoms with Crippen molar-refractivity contribution in [3.8, 4) is 0 Å². The fraction of sp³-hybridized carbons (Fsp3) is 0.130. The van der Waals surface area contributed by atoms with Gasteiger partial charge in [0.25, 0.3) is 0 Å². The number of pyridine rings is 1. The molecule has 2 heterocycles. The molecule has 140 valence electrons. The van der Waals surface area contributed by atoms with E-state index in [-0.39, 0.29) is 5.91 Å². The van der Waals surface area contributed by atoms with Crippen molar-refractivity contribution in [2.75, 3.05) is 0 Å². The lowest BCUT2D eigenvalue weighted by molar-refractivity contribution is -0.120. The van der Waals surface area contributed by atoms with Crippen LogP contribution >= 0.6 is 11.6 Å². The van der Waals surface area contributed by atoms with Gasteiger partial charge >= 0.3 is 0 Å². The minimum atomic E-state index is 0.00575. The van der Waals surface area contributed by atoms with Crippen LogP contribution in [0.25, 0.3) is 10.9 Å². The largest absolute Gasteiger partial charge is 0.352 e. The number of nitrogens with one attached hydrogen (secondary N) is 1. The van der Waals surface area contributed by atoms with Crippen molar-refractivity contribution in [3.63, 3.8) is 0 Å². The first-order valence-corrected chi connectivity index (χ1v) is 9.53. The molecular formula is C23H20ClN3O.